The zero-order chi connectivity index (χ0) is 15.0. The number of fused-ring (bicyclic) bond motifs is 1. The summed E-state index contributed by atoms with van der Waals surface area (Å²) < 4.78 is 0. The Labute approximate surface area is 130 Å². The highest BCUT2D eigenvalue weighted by molar-refractivity contribution is 7.09. The first kappa shape index (κ1) is 14.5. The molecule has 0 aliphatic carbocycles. The molecule has 0 saturated heterocycles. The first-order valence-corrected chi connectivity index (χ1v) is 8.12. The largest absolute Gasteiger partial charge is 0.377 e. The molecule has 1 aromatic carbocycles. The van der Waals surface area contributed by atoms with Crippen LogP contribution in [0.4, 0.5) is 5.69 Å². The van der Waals surface area contributed by atoms with E-state index >= 15 is 0 Å². The van der Waals surface area contributed by atoms with E-state index in [0.29, 0.717) is 12.6 Å². The van der Waals surface area contributed by atoms with Gasteiger partial charge in [0.15, 0.2) is 0 Å². The molecule has 0 amide bonds. The second-order valence-electron chi connectivity index (χ2n) is 5.78. The van der Waals surface area contributed by atoms with E-state index in [-0.39, 0.29) is 0 Å². The molecule has 1 atom stereocenters. The number of thiazole rings is 1. The zero-order valence-electron chi connectivity index (χ0n) is 12.8. The zero-order valence-corrected chi connectivity index (χ0v) is 13.7. The Bertz CT molecular complexity index is 635. The smallest absolute Gasteiger partial charge is 0.107 e. The summed E-state index contributed by atoms with van der Waals surface area (Å²) in [6.45, 7) is 4.52. The fraction of sp³-hybridized carbons (Fsp3) is 0.438. The van der Waals surface area contributed by atoms with Gasteiger partial charge >= 0.3 is 0 Å². The fourth-order valence-electron chi connectivity index (χ4n) is 3.10. The van der Waals surface area contributed by atoms with Crippen LogP contribution in [0.5, 0.6) is 0 Å². The molecule has 2 N–H and O–H groups in total. The normalized spacial score (nSPS) is 18.0. The molecule has 3 rings (SSSR count). The summed E-state index contributed by atoms with van der Waals surface area (Å²) in [6, 6.07) is 6.83. The van der Waals surface area contributed by atoms with Gasteiger partial charge in [-0.3, -0.25) is 4.90 Å². The van der Waals surface area contributed by atoms with Crippen LogP contribution >= 0.6 is 11.3 Å². The number of rotatable bonds is 4. The van der Waals surface area contributed by atoms with Gasteiger partial charge in [-0.1, -0.05) is 12.1 Å². The number of hydrogen-bond acceptors (Lipinski definition) is 5. The van der Waals surface area contributed by atoms with Gasteiger partial charge in [-0.2, -0.15) is 0 Å². The van der Waals surface area contributed by atoms with Crippen molar-refractivity contribution in [3.63, 3.8) is 0 Å². The highest BCUT2D eigenvalue weighted by atomic mass is 32.1. The summed E-state index contributed by atoms with van der Waals surface area (Å²) in [5.74, 6) is 0. The monoisotopic (exact) mass is 302 g/mol. The standard InChI is InChI=1S/C16H22N4S/c1-11-10-21-16(18-11)9-20-8-13-12(15(20)7-17)5-4-6-14(13)19(2)3/h4-6,10,15H,7-9,17H2,1-3H3. The van der Waals surface area contributed by atoms with E-state index in [1.54, 1.807) is 11.3 Å². The number of anilines is 1. The van der Waals surface area contributed by atoms with Crippen LogP contribution in [0.3, 0.4) is 0 Å². The van der Waals surface area contributed by atoms with Crippen LogP contribution in [-0.2, 0) is 13.1 Å². The van der Waals surface area contributed by atoms with Crippen molar-refractivity contribution in [1.82, 2.24) is 9.88 Å². The Morgan fingerprint density at radius 2 is 2.24 bits per heavy atom. The molecule has 0 bridgehead atoms. The van der Waals surface area contributed by atoms with Crippen LogP contribution in [0.25, 0.3) is 0 Å². The molecular formula is C16H22N4S. The summed E-state index contributed by atoms with van der Waals surface area (Å²) in [5.41, 5.74) is 11.2. The van der Waals surface area contributed by atoms with Crippen molar-refractivity contribution >= 4 is 17.0 Å². The molecular weight excluding hydrogens is 280 g/mol. The average Bonchev–Trinajstić information content (AvgIpc) is 3.01. The van der Waals surface area contributed by atoms with Gasteiger partial charge in [0.2, 0.25) is 0 Å². The Kier molecular flexibility index (Phi) is 3.97. The molecule has 1 aromatic heterocycles. The molecule has 2 aromatic rings. The first-order chi connectivity index (χ1) is 10.1. The summed E-state index contributed by atoms with van der Waals surface area (Å²) in [5, 5.41) is 3.28. The van der Waals surface area contributed by atoms with Gasteiger partial charge in [0, 0.05) is 50.0 Å². The maximum Gasteiger partial charge on any atom is 0.107 e. The Morgan fingerprint density at radius 1 is 1.43 bits per heavy atom. The molecule has 1 aliphatic rings. The summed E-state index contributed by atoms with van der Waals surface area (Å²) in [4.78, 5) is 9.21. The molecule has 21 heavy (non-hydrogen) atoms. The second-order valence-corrected chi connectivity index (χ2v) is 6.72. The van der Waals surface area contributed by atoms with Gasteiger partial charge < -0.3 is 10.6 Å². The van der Waals surface area contributed by atoms with Crippen molar-refractivity contribution in [3.05, 3.63) is 45.4 Å². The van der Waals surface area contributed by atoms with Crippen molar-refractivity contribution in [2.45, 2.75) is 26.1 Å². The van der Waals surface area contributed by atoms with Gasteiger partial charge in [-0.15, -0.1) is 11.3 Å². The Balaban J connectivity index is 1.90. The van der Waals surface area contributed by atoms with Crippen LogP contribution in [0.2, 0.25) is 0 Å². The predicted molar refractivity (Wildman–Crippen MR) is 88.7 cm³/mol. The van der Waals surface area contributed by atoms with Crippen LogP contribution in [0, 0.1) is 6.92 Å². The summed E-state index contributed by atoms with van der Waals surface area (Å²) >= 11 is 1.73. The van der Waals surface area contributed by atoms with Crippen molar-refractivity contribution in [2.75, 3.05) is 25.5 Å². The lowest BCUT2D eigenvalue weighted by Crippen LogP contribution is -2.27. The Hall–Kier alpha value is -1.43. The average molecular weight is 302 g/mol. The minimum atomic E-state index is 0.295. The summed E-state index contributed by atoms with van der Waals surface area (Å²) in [6.07, 6.45) is 0. The van der Waals surface area contributed by atoms with E-state index in [1.807, 2.05) is 6.92 Å². The van der Waals surface area contributed by atoms with Gasteiger partial charge in [-0.05, 0) is 24.1 Å². The minimum Gasteiger partial charge on any atom is -0.377 e. The molecule has 1 unspecified atom stereocenters. The van der Waals surface area contributed by atoms with Gasteiger partial charge in [0.25, 0.3) is 0 Å². The van der Waals surface area contributed by atoms with E-state index in [2.05, 4.69) is 52.5 Å². The van der Waals surface area contributed by atoms with Crippen LogP contribution in [-0.4, -0.2) is 30.5 Å². The Morgan fingerprint density at radius 3 is 2.86 bits per heavy atom. The van der Waals surface area contributed by atoms with Crippen LogP contribution in [0.15, 0.2) is 23.6 Å². The topological polar surface area (TPSA) is 45.4 Å². The van der Waals surface area contributed by atoms with Gasteiger partial charge in [0.1, 0.15) is 5.01 Å². The quantitative estimate of drug-likeness (QED) is 0.943. The molecule has 0 saturated carbocycles. The van der Waals surface area contributed by atoms with Crippen molar-refractivity contribution in [3.8, 4) is 0 Å². The van der Waals surface area contributed by atoms with Gasteiger partial charge in [-0.25, -0.2) is 4.98 Å². The molecule has 1 aliphatic heterocycles. The highest BCUT2D eigenvalue weighted by Gasteiger charge is 2.31. The van der Waals surface area contributed by atoms with E-state index in [1.165, 1.54) is 21.8 Å². The lowest BCUT2D eigenvalue weighted by Gasteiger charge is -2.22. The lowest BCUT2D eigenvalue weighted by atomic mass is 10.0. The number of nitrogens with two attached hydrogens (primary N) is 1. The minimum absolute atomic E-state index is 0.295. The molecule has 0 spiro atoms. The van der Waals surface area contributed by atoms with Crippen molar-refractivity contribution in [2.24, 2.45) is 5.73 Å². The van der Waals surface area contributed by atoms with E-state index < -0.39 is 0 Å². The van der Waals surface area contributed by atoms with Crippen LogP contribution < -0.4 is 10.6 Å². The lowest BCUT2D eigenvalue weighted by molar-refractivity contribution is 0.210. The first-order valence-electron chi connectivity index (χ1n) is 7.24. The number of nitrogens with zero attached hydrogens (tertiary/aromatic N) is 3. The fourth-order valence-corrected chi connectivity index (χ4v) is 3.89. The number of benzene rings is 1. The third-order valence-electron chi connectivity index (χ3n) is 4.06. The SMILES string of the molecule is Cc1csc(CN2Cc3c(cccc3N(C)C)C2CN)n1. The van der Waals surface area contributed by atoms with Crippen LogP contribution in [0.1, 0.15) is 27.9 Å². The maximum absolute atomic E-state index is 6.05. The number of aromatic nitrogens is 1. The maximum atomic E-state index is 6.05. The van der Waals surface area contributed by atoms with Gasteiger partial charge in [0.05, 0.1) is 6.54 Å². The van der Waals surface area contributed by atoms with Crippen molar-refractivity contribution in [1.29, 1.82) is 0 Å². The molecule has 0 radical (unpaired) electrons. The van der Waals surface area contributed by atoms with E-state index in [4.69, 9.17) is 5.73 Å². The predicted octanol–water partition coefficient (Wildman–Crippen LogP) is 2.53. The summed E-state index contributed by atoms with van der Waals surface area (Å²) in [7, 11) is 4.19. The van der Waals surface area contributed by atoms with E-state index in [0.717, 1.165) is 18.8 Å². The molecule has 2 heterocycles. The number of aryl methyl sites for hydroxylation is 1. The van der Waals surface area contributed by atoms with E-state index in [9.17, 15) is 0 Å². The molecule has 5 heteroatoms. The second kappa shape index (κ2) is 5.75. The highest BCUT2D eigenvalue weighted by Crippen LogP contribution is 2.39. The molecule has 112 valence electrons. The van der Waals surface area contributed by atoms with Crippen molar-refractivity contribution < 1.29 is 0 Å². The molecule has 0 fully saturated rings. The third-order valence-corrected chi connectivity index (χ3v) is 5.01. The molecule has 4 nitrogen and oxygen atoms in total. The third kappa shape index (κ3) is 2.69. The number of hydrogen-bond donors (Lipinski definition) is 1.